The first-order valence-electron chi connectivity index (χ1n) is 5.88. The van der Waals surface area contributed by atoms with Crippen molar-refractivity contribution >= 4 is 5.43 Å². The molecular weight excluding hydrogens is 370 g/mol. The van der Waals surface area contributed by atoms with Crippen molar-refractivity contribution in [3.63, 3.8) is 0 Å². The summed E-state index contributed by atoms with van der Waals surface area (Å²) in [5.41, 5.74) is 0.591. The third-order valence-electron chi connectivity index (χ3n) is 1.93. The van der Waals surface area contributed by atoms with Crippen molar-refractivity contribution < 1.29 is 48.1 Å². The van der Waals surface area contributed by atoms with Gasteiger partial charge in [0.1, 0.15) is 0 Å². The van der Waals surface area contributed by atoms with Crippen molar-refractivity contribution in [2.24, 2.45) is 5.41 Å². The average Bonchev–Trinajstić information content (AvgIpc) is 2.73. The minimum absolute atomic E-state index is 0. The monoisotopic (exact) mass is 390 g/mol. The van der Waals surface area contributed by atoms with Crippen LogP contribution in [0.3, 0.4) is 0 Å². The van der Waals surface area contributed by atoms with Gasteiger partial charge in [-0.05, 0) is 0 Å². The smallest absolute Gasteiger partial charge is 0.172 e. The fourth-order valence-corrected chi connectivity index (χ4v) is 1.05. The summed E-state index contributed by atoms with van der Waals surface area (Å²) < 4.78 is 0. The van der Waals surface area contributed by atoms with Crippen LogP contribution >= 0.6 is 0 Å². The molecule has 0 saturated carbocycles. The second-order valence-electron chi connectivity index (χ2n) is 4.86. The Labute approximate surface area is 146 Å². The summed E-state index contributed by atoms with van der Waals surface area (Å²) in [6.45, 7) is 9.06. The standard InChI is InChI=1S/C8H11.C5H5.C2H6Si.2ClH.Zr/c1-8(2)6-4-3-5-7-8;1-2-4-5-3-1;1-3-2;;;/h4-6H,7H2,1-2H3;1-5H;1-2H3;2*1H;/q2*-1;;;;+2/p-2. The maximum Gasteiger partial charge on any atom is -0.172 e. The van der Waals surface area contributed by atoms with E-state index in [4.69, 9.17) is 0 Å². The molecule has 1 aliphatic rings. The van der Waals surface area contributed by atoms with Gasteiger partial charge in [-0.25, -0.2) is 24.3 Å². The van der Waals surface area contributed by atoms with Crippen LogP contribution < -0.4 is 24.8 Å². The molecule has 0 fully saturated rings. The van der Waals surface area contributed by atoms with Crippen LogP contribution in [0.5, 0.6) is 0 Å². The first kappa shape index (κ1) is 24.5. The first-order chi connectivity index (χ1) is 7.94. The maximum absolute atomic E-state index is 3.03. The average molecular weight is 393 g/mol. The quantitative estimate of drug-likeness (QED) is 0.374. The molecule has 0 aliphatic heterocycles. The van der Waals surface area contributed by atoms with E-state index in [0.717, 1.165) is 6.42 Å². The van der Waals surface area contributed by atoms with E-state index in [1.54, 1.807) is 23.3 Å². The van der Waals surface area contributed by atoms with Gasteiger partial charge in [-0.3, -0.25) is 6.08 Å². The van der Waals surface area contributed by atoms with Gasteiger partial charge in [0.25, 0.3) is 0 Å². The van der Waals surface area contributed by atoms with E-state index in [0.29, 0.717) is 5.41 Å². The van der Waals surface area contributed by atoms with E-state index in [-0.39, 0.29) is 30.2 Å². The van der Waals surface area contributed by atoms with E-state index in [1.807, 2.05) is 36.4 Å². The number of hydrogen-bond acceptors (Lipinski definition) is 0. The minimum Gasteiger partial charge on any atom is -1.00 e. The second kappa shape index (κ2) is 14.9. The van der Waals surface area contributed by atoms with Gasteiger partial charge in [-0.15, -0.1) is 0 Å². The van der Waals surface area contributed by atoms with Crippen molar-refractivity contribution in [1.82, 2.24) is 0 Å². The number of rotatable bonds is 0. The summed E-state index contributed by atoms with van der Waals surface area (Å²) in [6, 6.07) is 10.0. The molecule has 0 heterocycles. The summed E-state index contributed by atoms with van der Waals surface area (Å²) in [7, 11) is 0. The zero-order valence-corrected chi connectivity index (χ0v) is 17.1. The van der Waals surface area contributed by atoms with Gasteiger partial charge in [0.15, 0.2) is 0 Å². The predicted octanol–water partition coefficient (Wildman–Crippen LogP) is -1.47. The Morgan fingerprint density at radius 3 is 1.79 bits per heavy atom. The molecule has 0 atom stereocenters. The fourth-order valence-electron chi connectivity index (χ4n) is 1.05. The molecule has 0 bridgehead atoms. The van der Waals surface area contributed by atoms with Crippen molar-refractivity contribution in [2.75, 3.05) is 0 Å². The minimum atomic E-state index is 0. The van der Waals surface area contributed by atoms with Crippen LogP contribution in [0.2, 0.25) is 13.1 Å². The molecule has 0 unspecified atom stereocenters. The van der Waals surface area contributed by atoms with E-state index in [1.165, 1.54) is 0 Å². The zero-order valence-electron chi connectivity index (χ0n) is 12.1. The molecule has 0 saturated heterocycles. The van der Waals surface area contributed by atoms with Crippen LogP contribution in [0.4, 0.5) is 0 Å². The Morgan fingerprint density at radius 2 is 1.63 bits per heavy atom. The van der Waals surface area contributed by atoms with Crippen LogP contribution in [0.25, 0.3) is 0 Å². The molecule has 2 rings (SSSR count). The Bertz CT molecular complexity index is 333. The number of hydrogen-bond donors (Lipinski definition) is 0. The normalized spacial score (nSPS) is 13.6. The van der Waals surface area contributed by atoms with E-state index in [9.17, 15) is 0 Å². The molecule has 1 aliphatic carbocycles. The molecule has 1 aromatic rings. The van der Waals surface area contributed by atoms with Gasteiger partial charge in [-0.1, -0.05) is 25.7 Å². The van der Waals surface area contributed by atoms with E-state index >= 15 is 0 Å². The van der Waals surface area contributed by atoms with Crippen LogP contribution in [0, 0.1) is 11.5 Å². The molecule has 0 spiro atoms. The van der Waals surface area contributed by atoms with Gasteiger partial charge < -0.3 is 24.8 Å². The first-order valence-corrected chi connectivity index (χ1v) is 12.1. The summed E-state index contributed by atoms with van der Waals surface area (Å²) in [5, 5.41) is 0. The summed E-state index contributed by atoms with van der Waals surface area (Å²) >= 11 is 1.74. The van der Waals surface area contributed by atoms with Crippen LogP contribution in [-0.4, -0.2) is 5.43 Å². The summed E-state index contributed by atoms with van der Waals surface area (Å²) in [6.07, 6.45) is 10.4. The molecule has 0 amide bonds. The second-order valence-corrected chi connectivity index (χ2v) is 14.2. The largest absolute Gasteiger partial charge is 1.00 e. The van der Waals surface area contributed by atoms with Crippen LogP contribution in [0.1, 0.15) is 20.3 Å². The van der Waals surface area contributed by atoms with Gasteiger partial charge in [0.2, 0.25) is 0 Å². The third-order valence-corrected chi connectivity index (χ3v) is 1.93. The predicted molar refractivity (Wildman–Crippen MR) is 74.9 cm³/mol. The van der Waals surface area contributed by atoms with Gasteiger partial charge >= 0.3 is 41.9 Å². The van der Waals surface area contributed by atoms with Crippen molar-refractivity contribution in [3.8, 4) is 0 Å². The number of allylic oxidation sites excluding steroid dienone is 4. The maximum atomic E-state index is 3.03. The van der Waals surface area contributed by atoms with Crippen molar-refractivity contribution in [1.29, 1.82) is 0 Å². The molecule has 4 heteroatoms. The van der Waals surface area contributed by atoms with Crippen molar-refractivity contribution in [2.45, 2.75) is 33.4 Å². The van der Waals surface area contributed by atoms with E-state index in [2.05, 4.69) is 45.2 Å². The molecule has 19 heavy (non-hydrogen) atoms. The summed E-state index contributed by atoms with van der Waals surface area (Å²) in [4.78, 5) is 0. The molecule has 1 aromatic carbocycles. The Kier molecular flexibility index (Phi) is 19.2. The molecule has 0 nitrogen and oxygen atoms in total. The van der Waals surface area contributed by atoms with Gasteiger partial charge in [0.05, 0.1) is 0 Å². The van der Waals surface area contributed by atoms with Crippen LogP contribution in [-0.2, 0) is 23.3 Å². The Morgan fingerprint density at radius 1 is 1.16 bits per heavy atom. The molecule has 106 valence electrons. The molecule has 0 N–H and O–H groups in total. The van der Waals surface area contributed by atoms with Crippen molar-refractivity contribution in [3.05, 3.63) is 54.6 Å². The number of halogens is 2. The Hall–Kier alpha value is 0.510. The van der Waals surface area contributed by atoms with Gasteiger partial charge in [0, 0.05) is 0 Å². The molecule has 0 aromatic heterocycles. The van der Waals surface area contributed by atoms with Gasteiger partial charge in [-0.2, -0.15) is 24.3 Å². The third kappa shape index (κ3) is 21.0. The van der Waals surface area contributed by atoms with E-state index < -0.39 is 0 Å². The topological polar surface area (TPSA) is 0 Å². The summed E-state index contributed by atoms with van der Waals surface area (Å²) in [5.74, 6) is 0. The van der Waals surface area contributed by atoms with Crippen LogP contribution in [0.15, 0.2) is 48.6 Å². The zero-order chi connectivity index (χ0) is 13.1. The fraction of sp³-hybridized carbons (Fsp3) is 0.400. The molecular formula is C15H22Cl2SiZr-2. The molecule has 0 radical (unpaired) electrons. The Balaban J connectivity index is -0.000000206. The SMILES string of the molecule is CC1(C)C=C[C-]=CC1.C[Si](C)=[Zr+2].[Cl-].[Cl-].c1cc[cH-]c1.